The van der Waals surface area contributed by atoms with E-state index in [9.17, 15) is 9.59 Å². The van der Waals surface area contributed by atoms with Crippen LogP contribution in [0.4, 0.5) is 5.69 Å². The van der Waals surface area contributed by atoms with Gasteiger partial charge in [-0.3, -0.25) is 9.59 Å². The number of fused-ring (bicyclic) bond motifs is 1. The van der Waals surface area contributed by atoms with E-state index in [1.165, 1.54) is 6.42 Å². The first kappa shape index (κ1) is 18.7. The zero-order valence-electron chi connectivity index (χ0n) is 16.7. The summed E-state index contributed by atoms with van der Waals surface area (Å²) in [7, 11) is 1.82. The van der Waals surface area contributed by atoms with Crippen molar-refractivity contribution in [2.24, 2.45) is 5.92 Å². The number of carbonyl (C=O) groups excluding carboxylic acids is 2. The number of rotatable bonds is 3. The third kappa shape index (κ3) is 3.44. The fraction of sp³-hybridized carbons (Fsp3) is 0.417. The Morgan fingerprint density at radius 1 is 0.964 bits per heavy atom. The number of likely N-dealkylation sites (N-methyl/N-ethyl adjacent to an activating group) is 1. The number of nitrogens with zero attached hydrogens (tertiary/aromatic N) is 2. The summed E-state index contributed by atoms with van der Waals surface area (Å²) in [6.07, 6.45) is 5.22. The molecule has 0 radical (unpaired) electrons. The highest BCUT2D eigenvalue weighted by molar-refractivity contribution is 6.02. The first-order chi connectivity index (χ1) is 13.6. The van der Waals surface area contributed by atoms with Crippen LogP contribution in [0.3, 0.4) is 0 Å². The van der Waals surface area contributed by atoms with Crippen molar-refractivity contribution in [2.45, 2.75) is 51.1 Å². The molecule has 1 aliphatic carbocycles. The van der Waals surface area contributed by atoms with Gasteiger partial charge in [0.25, 0.3) is 5.91 Å². The average Bonchev–Trinajstić information content (AvgIpc) is 3.13. The van der Waals surface area contributed by atoms with Crippen LogP contribution in [0.1, 0.15) is 48.0 Å². The third-order valence-electron chi connectivity index (χ3n) is 6.38. The van der Waals surface area contributed by atoms with E-state index in [1.54, 1.807) is 4.90 Å². The molecule has 1 aliphatic heterocycles. The first-order valence-electron chi connectivity index (χ1n) is 10.3. The molecule has 0 N–H and O–H groups in total. The normalized spacial score (nSPS) is 23.9. The molecule has 4 nitrogen and oxygen atoms in total. The monoisotopic (exact) mass is 376 g/mol. The van der Waals surface area contributed by atoms with Gasteiger partial charge < -0.3 is 9.80 Å². The third-order valence-corrected chi connectivity index (χ3v) is 6.38. The van der Waals surface area contributed by atoms with Crippen molar-refractivity contribution >= 4 is 17.5 Å². The summed E-state index contributed by atoms with van der Waals surface area (Å²) in [4.78, 5) is 30.5. The van der Waals surface area contributed by atoms with Gasteiger partial charge in [0.2, 0.25) is 5.91 Å². The van der Waals surface area contributed by atoms with Gasteiger partial charge in [0, 0.05) is 24.3 Å². The second-order valence-corrected chi connectivity index (χ2v) is 8.17. The summed E-state index contributed by atoms with van der Waals surface area (Å²) in [6.45, 7) is 2.04. The number of carbonyl (C=O) groups is 2. The molecule has 2 fully saturated rings. The standard InChI is InChI=1S/C24H28N2O2/c1-17-12-14-20(15-13-17)25(2)24(28)22-16-19-10-6-7-11-21(19)26(22)23(27)18-8-4-3-5-9-18/h3-5,8-9,12-15,19,21-22H,6-7,10-11,16H2,1-2H3. The second-order valence-electron chi connectivity index (χ2n) is 8.17. The Morgan fingerprint density at radius 3 is 2.36 bits per heavy atom. The molecule has 1 heterocycles. The molecule has 2 aromatic carbocycles. The van der Waals surface area contributed by atoms with Crippen molar-refractivity contribution in [1.82, 2.24) is 4.90 Å². The number of hydrogen-bond acceptors (Lipinski definition) is 2. The largest absolute Gasteiger partial charge is 0.323 e. The molecule has 2 aliphatic rings. The summed E-state index contributed by atoms with van der Waals surface area (Å²) in [5.41, 5.74) is 2.71. The Morgan fingerprint density at radius 2 is 1.64 bits per heavy atom. The van der Waals surface area contributed by atoms with E-state index in [4.69, 9.17) is 0 Å². The molecule has 3 unspecified atom stereocenters. The van der Waals surface area contributed by atoms with E-state index in [0.717, 1.165) is 36.9 Å². The van der Waals surface area contributed by atoms with Gasteiger partial charge in [-0.2, -0.15) is 0 Å². The smallest absolute Gasteiger partial charge is 0.254 e. The van der Waals surface area contributed by atoms with Crippen molar-refractivity contribution in [3.05, 3.63) is 65.7 Å². The number of likely N-dealkylation sites (tertiary alicyclic amines) is 1. The van der Waals surface area contributed by atoms with Crippen LogP contribution >= 0.6 is 0 Å². The Kier molecular flexibility index (Phi) is 5.21. The van der Waals surface area contributed by atoms with E-state index in [-0.39, 0.29) is 23.9 Å². The molecule has 3 atom stereocenters. The topological polar surface area (TPSA) is 40.6 Å². The van der Waals surface area contributed by atoms with E-state index >= 15 is 0 Å². The lowest BCUT2D eigenvalue weighted by atomic mass is 9.84. The fourth-order valence-corrected chi connectivity index (χ4v) is 4.82. The first-order valence-corrected chi connectivity index (χ1v) is 10.3. The minimum absolute atomic E-state index is 0.00865. The molecule has 0 spiro atoms. The zero-order chi connectivity index (χ0) is 19.7. The maximum Gasteiger partial charge on any atom is 0.254 e. The van der Waals surface area contributed by atoms with Gasteiger partial charge in [0.15, 0.2) is 0 Å². The maximum atomic E-state index is 13.5. The second kappa shape index (κ2) is 7.78. The van der Waals surface area contributed by atoms with Crippen LogP contribution in [-0.4, -0.2) is 35.8 Å². The summed E-state index contributed by atoms with van der Waals surface area (Å²) in [5.74, 6) is 0.440. The van der Waals surface area contributed by atoms with E-state index in [1.807, 2.05) is 73.5 Å². The van der Waals surface area contributed by atoms with Crippen molar-refractivity contribution in [3.63, 3.8) is 0 Å². The van der Waals surface area contributed by atoms with Gasteiger partial charge in [0.05, 0.1) is 0 Å². The molecule has 2 aromatic rings. The predicted molar refractivity (Wildman–Crippen MR) is 111 cm³/mol. The van der Waals surface area contributed by atoms with E-state index in [2.05, 4.69) is 0 Å². The minimum atomic E-state index is -0.382. The number of hydrogen-bond donors (Lipinski definition) is 0. The Bertz CT molecular complexity index is 847. The lowest BCUT2D eigenvalue weighted by Gasteiger charge is -2.34. The van der Waals surface area contributed by atoms with Crippen molar-refractivity contribution in [1.29, 1.82) is 0 Å². The number of amides is 2. The highest BCUT2D eigenvalue weighted by Gasteiger charge is 2.48. The molecule has 2 amide bonds. The van der Waals surface area contributed by atoms with Crippen LogP contribution in [0, 0.1) is 12.8 Å². The number of aryl methyl sites for hydroxylation is 1. The summed E-state index contributed by atoms with van der Waals surface area (Å²) < 4.78 is 0. The summed E-state index contributed by atoms with van der Waals surface area (Å²) in [6, 6.07) is 17.2. The molecule has 1 saturated heterocycles. The minimum Gasteiger partial charge on any atom is -0.323 e. The SMILES string of the molecule is Cc1ccc(N(C)C(=O)C2CC3CCCCC3N2C(=O)c2ccccc2)cc1. The molecule has 28 heavy (non-hydrogen) atoms. The predicted octanol–water partition coefficient (Wildman–Crippen LogP) is 4.43. The van der Waals surface area contributed by atoms with Gasteiger partial charge >= 0.3 is 0 Å². The van der Waals surface area contributed by atoms with Gasteiger partial charge in [-0.1, -0.05) is 48.7 Å². The lowest BCUT2D eigenvalue weighted by molar-refractivity contribution is -0.122. The molecule has 0 aromatic heterocycles. The van der Waals surface area contributed by atoms with Crippen LogP contribution in [0.15, 0.2) is 54.6 Å². The van der Waals surface area contributed by atoms with E-state index in [0.29, 0.717) is 11.5 Å². The molecule has 0 bridgehead atoms. The molecule has 1 saturated carbocycles. The van der Waals surface area contributed by atoms with Gasteiger partial charge in [-0.25, -0.2) is 0 Å². The number of anilines is 1. The fourth-order valence-electron chi connectivity index (χ4n) is 4.82. The van der Waals surface area contributed by atoms with Crippen molar-refractivity contribution in [2.75, 3.05) is 11.9 Å². The van der Waals surface area contributed by atoms with Crippen LogP contribution in [0.2, 0.25) is 0 Å². The summed E-state index contributed by atoms with van der Waals surface area (Å²) in [5, 5.41) is 0. The van der Waals surface area contributed by atoms with Crippen molar-refractivity contribution in [3.8, 4) is 0 Å². The van der Waals surface area contributed by atoms with Crippen LogP contribution in [0.5, 0.6) is 0 Å². The maximum absolute atomic E-state index is 13.5. The quantitative estimate of drug-likeness (QED) is 0.795. The van der Waals surface area contributed by atoms with Crippen LogP contribution in [-0.2, 0) is 4.79 Å². The van der Waals surface area contributed by atoms with Crippen molar-refractivity contribution < 1.29 is 9.59 Å². The van der Waals surface area contributed by atoms with Gasteiger partial charge in [-0.15, -0.1) is 0 Å². The summed E-state index contributed by atoms with van der Waals surface area (Å²) >= 11 is 0. The molecular weight excluding hydrogens is 348 g/mol. The van der Waals surface area contributed by atoms with Crippen LogP contribution in [0.25, 0.3) is 0 Å². The highest BCUT2D eigenvalue weighted by atomic mass is 16.2. The lowest BCUT2D eigenvalue weighted by Crippen LogP contribution is -2.50. The molecule has 4 rings (SSSR count). The Hall–Kier alpha value is -2.62. The Balaban J connectivity index is 1.64. The molecule has 146 valence electrons. The van der Waals surface area contributed by atoms with Crippen LogP contribution < -0.4 is 4.90 Å². The van der Waals surface area contributed by atoms with Gasteiger partial charge in [-0.05, 0) is 56.4 Å². The highest BCUT2D eigenvalue weighted by Crippen LogP contribution is 2.41. The van der Waals surface area contributed by atoms with Gasteiger partial charge in [0.1, 0.15) is 6.04 Å². The molecule has 4 heteroatoms. The average molecular weight is 377 g/mol. The zero-order valence-corrected chi connectivity index (χ0v) is 16.7. The van der Waals surface area contributed by atoms with E-state index < -0.39 is 0 Å². The Labute approximate surface area is 167 Å². The number of benzene rings is 2. The molecular formula is C24H28N2O2.